The van der Waals surface area contributed by atoms with Gasteiger partial charge < -0.3 is 18.3 Å². The zero-order chi connectivity index (χ0) is 17.2. The van der Waals surface area contributed by atoms with Crippen LogP contribution in [0.5, 0.6) is 11.5 Å². The molecule has 0 aliphatic carbocycles. The fourth-order valence-corrected chi connectivity index (χ4v) is 3.58. The summed E-state index contributed by atoms with van der Waals surface area (Å²) in [6.07, 6.45) is 0. The summed E-state index contributed by atoms with van der Waals surface area (Å²) in [5.41, 5.74) is -0.574. The van der Waals surface area contributed by atoms with E-state index in [4.69, 9.17) is 18.3 Å². The molecule has 1 rings (SSSR count). The maximum absolute atomic E-state index is 6.13. The average molecular weight is 327 g/mol. The molecule has 0 aliphatic heterocycles. The van der Waals surface area contributed by atoms with Crippen LogP contribution >= 0.6 is 0 Å². The Hall–Kier alpha value is -1.04. The third-order valence-electron chi connectivity index (χ3n) is 3.06. The molecule has 0 bridgehead atoms. The van der Waals surface area contributed by atoms with Crippen molar-refractivity contribution >= 4 is 13.7 Å². The fraction of sp³-hybridized carbons (Fsp3) is 0.647. The van der Waals surface area contributed by atoms with Gasteiger partial charge in [-0.1, -0.05) is 6.07 Å². The van der Waals surface area contributed by atoms with Gasteiger partial charge in [-0.15, -0.1) is 0 Å². The molecule has 0 N–H and O–H groups in total. The van der Waals surface area contributed by atoms with Gasteiger partial charge in [0.1, 0.15) is 22.7 Å². The van der Waals surface area contributed by atoms with Crippen LogP contribution in [0.15, 0.2) is 18.2 Å². The quantitative estimate of drug-likeness (QED) is 0.775. The first-order valence-electron chi connectivity index (χ1n) is 7.53. The van der Waals surface area contributed by atoms with Crippen LogP contribution in [0.3, 0.4) is 0 Å². The molecule has 0 saturated carbocycles. The van der Waals surface area contributed by atoms with Gasteiger partial charge in [0.15, 0.2) is 0 Å². The van der Waals surface area contributed by atoms with Crippen LogP contribution in [0.2, 0.25) is 6.55 Å². The lowest BCUT2D eigenvalue weighted by molar-refractivity contribution is 0.121. The summed E-state index contributed by atoms with van der Waals surface area (Å²) in [4.78, 5) is 0. The molecule has 0 spiro atoms. The Morgan fingerprint density at radius 3 is 1.73 bits per heavy atom. The van der Waals surface area contributed by atoms with E-state index >= 15 is 0 Å². The summed E-state index contributed by atoms with van der Waals surface area (Å²) in [6.45, 7) is 14.1. The Kier molecular flexibility index (Phi) is 5.70. The van der Waals surface area contributed by atoms with Gasteiger partial charge in [-0.2, -0.15) is 0 Å². The first-order chi connectivity index (χ1) is 9.90. The SMILES string of the molecule is CO[Si](C)(OC)c1ccc(OC(C)(C)C)cc1OC(C)(C)C. The van der Waals surface area contributed by atoms with Crippen LogP contribution in [0.25, 0.3) is 0 Å². The zero-order valence-corrected chi connectivity index (χ0v) is 16.4. The van der Waals surface area contributed by atoms with Crippen LogP contribution in [0, 0.1) is 0 Å². The van der Waals surface area contributed by atoms with Crippen molar-refractivity contribution in [2.24, 2.45) is 0 Å². The Morgan fingerprint density at radius 2 is 1.32 bits per heavy atom. The minimum atomic E-state index is -2.48. The molecule has 4 nitrogen and oxygen atoms in total. The molecule has 0 amide bonds. The molecule has 0 unspecified atom stereocenters. The Bertz CT molecular complexity index is 496. The van der Waals surface area contributed by atoms with Crippen molar-refractivity contribution in [1.29, 1.82) is 0 Å². The first kappa shape index (κ1) is 19.0. The standard InChI is InChI=1S/C17H30O4Si/c1-16(2,3)20-13-10-11-15(22(9,18-7)19-8)14(12-13)21-17(4,5)6/h10-12H,1-9H3. The van der Waals surface area contributed by atoms with Crippen molar-refractivity contribution in [1.82, 2.24) is 0 Å². The van der Waals surface area contributed by atoms with Gasteiger partial charge in [0, 0.05) is 25.5 Å². The van der Waals surface area contributed by atoms with Crippen molar-refractivity contribution in [2.75, 3.05) is 14.2 Å². The van der Waals surface area contributed by atoms with E-state index in [0.29, 0.717) is 0 Å². The predicted molar refractivity (Wildman–Crippen MR) is 92.5 cm³/mol. The summed E-state index contributed by atoms with van der Waals surface area (Å²) in [5, 5.41) is 0.966. The molecule has 0 saturated heterocycles. The molecule has 1 aromatic rings. The highest BCUT2D eigenvalue weighted by Gasteiger charge is 2.36. The fourth-order valence-electron chi connectivity index (χ4n) is 2.01. The second-order valence-corrected chi connectivity index (χ2v) is 10.7. The second-order valence-electron chi connectivity index (χ2n) is 7.44. The van der Waals surface area contributed by atoms with Gasteiger partial charge in [-0.05, 0) is 54.2 Å². The summed E-state index contributed by atoms with van der Waals surface area (Å²) < 4.78 is 23.4. The van der Waals surface area contributed by atoms with Crippen molar-refractivity contribution in [3.05, 3.63) is 18.2 Å². The molecule has 0 fully saturated rings. The lowest BCUT2D eigenvalue weighted by atomic mass is 10.2. The van der Waals surface area contributed by atoms with Crippen LogP contribution < -0.4 is 14.7 Å². The lowest BCUT2D eigenvalue weighted by Gasteiger charge is -2.30. The molecule has 22 heavy (non-hydrogen) atoms. The number of benzene rings is 1. The van der Waals surface area contributed by atoms with Crippen molar-refractivity contribution in [3.63, 3.8) is 0 Å². The van der Waals surface area contributed by atoms with Gasteiger partial charge in [0.25, 0.3) is 0 Å². The van der Waals surface area contributed by atoms with Gasteiger partial charge in [-0.3, -0.25) is 0 Å². The van der Waals surface area contributed by atoms with E-state index in [9.17, 15) is 0 Å². The van der Waals surface area contributed by atoms with E-state index in [2.05, 4.69) is 0 Å². The van der Waals surface area contributed by atoms with E-state index < -0.39 is 8.56 Å². The first-order valence-corrected chi connectivity index (χ1v) is 9.85. The second kappa shape index (κ2) is 6.60. The molecule has 0 heterocycles. The van der Waals surface area contributed by atoms with Gasteiger partial charge in [-0.25, -0.2) is 0 Å². The van der Waals surface area contributed by atoms with E-state index in [1.807, 2.05) is 66.3 Å². The number of hydrogen-bond acceptors (Lipinski definition) is 4. The monoisotopic (exact) mass is 326 g/mol. The minimum absolute atomic E-state index is 0.260. The smallest absolute Gasteiger partial charge is 0.372 e. The lowest BCUT2D eigenvalue weighted by Crippen LogP contribution is -2.50. The van der Waals surface area contributed by atoms with Gasteiger partial charge >= 0.3 is 8.56 Å². The molecular weight excluding hydrogens is 296 g/mol. The minimum Gasteiger partial charge on any atom is -0.488 e. The normalized spacial score (nSPS) is 13.1. The maximum Gasteiger partial charge on any atom is 0.372 e. The van der Waals surface area contributed by atoms with E-state index in [0.717, 1.165) is 16.7 Å². The number of ether oxygens (including phenoxy) is 2. The molecule has 0 atom stereocenters. The zero-order valence-electron chi connectivity index (χ0n) is 15.4. The molecule has 5 heteroatoms. The number of hydrogen-bond donors (Lipinski definition) is 0. The van der Waals surface area contributed by atoms with Crippen molar-refractivity contribution < 1.29 is 18.3 Å². The van der Waals surface area contributed by atoms with E-state index in [-0.39, 0.29) is 11.2 Å². The Labute approximate surface area is 136 Å². The third kappa shape index (κ3) is 5.30. The molecule has 0 aliphatic rings. The Morgan fingerprint density at radius 1 is 0.818 bits per heavy atom. The molecule has 0 aromatic heterocycles. The van der Waals surface area contributed by atoms with Crippen LogP contribution in [0.1, 0.15) is 41.5 Å². The van der Waals surface area contributed by atoms with Crippen molar-refractivity contribution in [2.45, 2.75) is 59.3 Å². The van der Waals surface area contributed by atoms with Crippen LogP contribution in [0.4, 0.5) is 0 Å². The highest BCUT2D eigenvalue weighted by molar-refractivity contribution is 6.80. The Balaban J connectivity index is 3.32. The summed E-state index contributed by atoms with van der Waals surface area (Å²) in [7, 11) is 0.874. The van der Waals surface area contributed by atoms with Gasteiger partial charge in [0.05, 0.1) is 0 Å². The van der Waals surface area contributed by atoms with E-state index in [1.54, 1.807) is 14.2 Å². The number of rotatable bonds is 5. The van der Waals surface area contributed by atoms with Gasteiger partial charge in [0.2, 0.25) is 0 Å². The highest BCUT2D eigenvalue weighted by atomic mass is 28.4. The molecular formula is C17H30O4Si. The van der Waals surface area contributed by atoms with Crippen molar-refractivity contribution in [3.8, 4) is 11.5 Å². The summed E-state index contributed by atoms with van der Waals surface area (Å²) in [5.74, 6) is 1.53. The maximum atomic E-state index is 6.13. The molecule has 0 radical (unpaired) electrons. The highest BCUT2D eigenvalue weighted by Crippen LogP contribution is 2.27. The largest absolute Gasteiger partial charge is 0.488 e. The molecule has 126 valence electrons. The van der Waals surface area contributed by atoms with E-state index in [1.165, 1.54) is 0 Å². The van der Waals surface area contributed by atoms with Crippen LogP contribution in [-0.2, 0) is 8.85 Å². The predicted octanol–water partition coefficient (Wildman–Crippen LogP) is 3.61. The summed E-state index contributed by atoms with van der Waals surface area (Å²) >= 11 is 0. The average Bonchev–Trinajstić information content (AvgIpc) is 2.34. The molecule has 1 aromatic carbocycles. The van der Waals surface area contributed by atoms with Crippen LogP contribution in [-0.4, -0.2) is 34.0 Å². The third-order valence-corrected chi connectivity index (χ3v) is 6.01. The topological polar surface area (TPSA) is 36.9 Å². The summed E-state index contributed by atoms with van der Waals surface area (Å²) in [6, 6.07) is 5.86.